The standard InChI is InChI=1S/C34H10N8/c1-40-22-9-5-8-21(11-22)32-28(16-37)24-13-25-23(12-26(24)34(32)30(18-39)42-3)27(15-36)31(33(25)29(17-38)41-2)20-7-4-6-19(10-20)14-35/h4-13H/b33-29+,34-30-. The number of nitriles is 5. The zero-order valence-corrected chi connectivity index (χ0v) is 21.4. The Morgan fingerprint density at radius 2 is 1.07 bits per heavy atom. The molecule has 2 aliphatic carbocycles. The first-order chi connectivity index (χ1) is 20.5. The second kappa shape index (κ2) is 10.4. The Labute approximate surface area is 240 Å². The van der Waals surface area contributed by atoms with Crippen molar-refractivity contribution < 1.29 is 0 Å². The molecule has 8 nitrogen and oxygen atoms in total. The molecule has 42 heavy (non-hydrogen) atoms. The molecule has 0 saturated carbocycles. The van der Waals surface area contributed by atoms with Gasteiger partial charge in [0.15, 0.2) is 5.69 Å². The minimum atomic E-state index is -0.279. The Bertz CT molecular complexity index is 2070. The van der Waals surface area contributed by atoms with E-state index in [0.717, 1.165) is 0 Å². The summed E-state index contributed by atoms with van der Waals surface area (Å²) in [4.78, 5) is 10.3. The molecule has 8 heteroatoms. The lowest BCUT2D eigenvalue weighted by atomic mass is 9.91. The monoisotopic (exact) mass is 530 g/mol. The molecule has 0 saturated heterocycles. The molecule has 0 N–H and O–H groups in total. The maximum atomic E-state index is 10.4. The molecule has 0 aliphatic heterocycles. The number of hydrogen-bond acceptors (Lipinski definition) is 5. The van der Waals surface area contributed by atoms with Crippen LogP contribution in [0.1, 0.15) is 38.9 Å². The SMILES string of the molecule is [C-]#[N+]/C(C#N)=C1\C(c2cccc([N+]#[C-])c2)=C(C#N)c2cc3c(cc21)C(C#N)=C(c1cccc(C#N)c1)/C3=C(\C#N)[N+]#[C-]. The summed E-state index contributed by atoms with van der Waals surface area (Å²) in [7, 11) is 0. The first-order valence-electron chi connectivity index (χ1n) is 12.0. The lowest BCUT2D eigenvalue weighted by molar-refractivity contribution is 1.46. The Hall–Kier alpha value is -7.46. The van der Waals surface area contributed by atoms with Crippen molar-refractivity contribution in [3.05, 3.63) is 145 Å². The Morgan fingerprint density at radius 1 is 0.571 bits per heavy atom. The second-order valence-corrected chi connectivity index (χ2v) is 8.92. The van der Waals surface area contributed by atoms with Gasteiger partial charge in [-0.1, -0.05) is 30.3 Å². The van der Waals surface area contributed by atoms with Gasteiger partial charge in [0.05, 0.1) is 54.6 Å². The molecule has 0 bridgehead atoms. The molecular weight excluding hydrogens is 520 g/mol. The third-order valence-electron chi connectivity index (χ3n) is 6.91. The van der Waals surface area contributed by atoms with Crippen LogP contribution in [0.15, 0.2) is 72.1 Å². The van der Waals surface area contributed by atoms with Crippen LogP contribution < -0.4 is 0 Å². The Kier molecular flexibility index (Phi) is 6.45. The Morgan fingerprint density at radius 3 is 1.50 bits per heavy atom. The molecule has 0 radical (unpaired) electrons. The van der Waals surface area contributed by atoms with Crippen LogP contribution in [-0.2, 0) is 0 Å². The fraction of sp³-hybridized carbons (Fsp3) is 0. The highest BCUT2D eigenvalue weighted by Gasteiger charge is 2.36. The Balaban J connectivity index is 1.94. The van der Waals surface area contributed by atoms with Crippen molar-refractivity contribution in [3.63, 3.8) is 0 Å². The van der Waals surface area contributed by atoms with Crippen LogP contribution in [0.2, 0.25) is 0 Å². The van der Waals surface area contributed by atoms with Gasteiger partial charge in [-0.15, -0.1) is 0 Å². The van der Waals surface area contributed by atoms with Crippen LogP contribution in [0, 0.1) is 76.4 Å². The van der Waals surface area contributed by atoms with Crippen molar-refractivity contribution in [2.24, 2.45) is 0 Å². The number of benzene rings is 3. The molecule has 3 aromatic rings. The van der Waals surface area contributed by atoms with Crippen LogP contribution in [0.5, 0.6) is 0 Å². The third kappa shape index (κ3) is 3.78. The van der Waals surface area contributed by atoms with E-state index >= 15 is 0 Å². The third-order valence-corrected chi connectivity index (χ3v) is 6.91. The highest BCUT2D eigenvalue weighted by Crippen LogP contribution is 2.54. The number of rotatable bonds is 2. The molecule has 0 unspecified atom stereocenters. The van der Waals surface area contributed by atoms with Gasteiger partial charge in [-0.25, -0.2) is 25.1 Å². The van der Waals surface area contributed by atoms with Gasteiger partial charge in [0.1, 0.15) is 12.1 Å². The molecule has 3 aromatic carbocycles. The topological polar surface area (TPSA) is 132 Å². The van der Waals surface area contributed by atoms with Gasteiger partial charge >= 0.3 is 0 Å². The minimum Gasteiger partial charge on any atom is -0.238 e. The quantitative estimate of drug-likeness (QED) is 0.253. The van der Waals surface area contributed by atoms with Crippen LogP contribution in [0.3, 0.4) is 0 Å². The second-order valence-electron chi connectivity index (χ2n) is 8.92. The molecule has 2 aliphatic rings. The fourth-order valence-corrected chi connectivity index (χ4v) is 5.27. The number of nitrogens with zero attached hydrogens (tertiary/aromatic N) is 8. The van der Waals surface area contributed by atoms with Crippen LogP contribution in [0.25, 0.3) is 48.0 Å². The molecule has 0 atom stereocenters. The van der Waals surface area contributed by atoms with E-state index in [4.69, 9.17) is 19.7 Å². The maximum absolute atomic E-state index is 10.4. The average molecular weight is 531 g/mol. The molecular formula is C34H10N8. The molecule has 0 aromatic heterocycles. The molecule has 186 valence electrons. The predicted octanol–water partition coefficient (Wildman–Crippen LogP) is 7.31. The molecule has 0 heterocycles. The predicted molar refractivity (Wildman–Crippen MR) is 153 cm³/mol. The van der Waals surface area contributed by atoms with Gasteiger partial charge in [-0.3, -0.25) is 0 Å². The van der Waals surface area contributed by atoms with E-state index in [1.54, 1.807) is 60.7 Å². The van der Waals surface area contributed by atoms with E-state index in [1.807, 2.05) is 12.1 Å². The number of fused-ring (bicyclic) bond motifs is 2. The summed E-state index contributed by atoms with van der Waals surface area (Å²) in [6, 6.07) is 26.4. The minimum absolute atomic E-state index is 0.136. The summed E-state index contributed by atoms with van der Waals surface area (Å²) >= 11 is 0. The zero-order chi connectivity index (χ0) is 30.0. The van der Waals surface area contributed by atoms with Gasteiger partial charge in [0.25, 0.3) is 11.4 Å². The van der Waals surface area contributed by atoms with Crippen molar-refractivity contribution in [2.75, 3.05) is 0 Å². The summed E-state index contributed by atoms with van der Waals surface area (Å²) in [5.74, 6) is 0. The lowest BCUT2D eigenvalue weighted by Gasteiger charge is -2.11. The van der Waals surface area contributed by atoms with E-state index in [9.17, 15) is 26.3 Å². The normalized spacial score (nSPS) is 14.9. The van der Waals surface area contributed by atoms with Crippen LogP contribution >= 0.6 is 0 Å². The van der Waals surface area contributed by atoms with Crippen molar-refractivity contribution >= 4 is 39.1 Å². The van der Waals surface area contributed by atoms with Gasteiger partial charge in [-0.05, 0) is 63.7 Å². The largest absolute Gasteiger partial charge is 0.270 e. The fourth-order valence-electron chi connectivity index (χ4n) is 5.27. The summed E-state index contributed by atoms with van der Waals surface area (Å²) < 4.78 is 0. The summed E-state index contributed by atoms with van der Waals surface area (Å²) in [5.41, 5.74) is 3.67. The van der Waals surface area contributed by atoms with E-state index < -0.39 is 0 Å². The average Bonchev–Trinajstić information content (AvgIpc) is 3.53. The van der Waals surface area contributed by atoms with Crippen molar-refractivity contribution in [1.29, 1.82) is 26.3 Å². The summed E-state index contributed by atoms with van der Waals surface area (Å²) in [6.45, 7) is 22.8. The van der Waals surface area contributed by atoms with E-state index in [-0.39, 0.29) is 33.7 Å². The molecule has 0 fully saturated rings. The summed E-state index contributed by atoms with van der Waals surface area (Å²) in [5, 5.41) is 50.0. The van der Waals surface area contributed by atoms with Gasteiger partial charge in [0, 0.05) is 22.3 Å². The highest BCUT2D eigenvalue weighted by molar-refractivity contribution is 6.29. The smallest absolute Gasteiger partial charge is 0.238 e. The van der Waals surface area contributed by atoms with Crippen molar-refractivity contribution in [2.45, 2.75) is 0 Å². The van der Waals surface area contributed by atoms with E-state index in [0.29, 0.717) is 55.8 Å². The van der Waals surface area contributed by atoms with Gasteiger partial charge in [0.2, 0.25) is 0 Å². The molecule has 0 spiro atoms. The van der Waals surface area contributed by atoms with E-state index in [2.05, 4.69) is 32.7 Å². The first kappa shape index (κ1) is 26.2. The van der Waals surface area contributed by atoms with E-state index in [1.165, 1.54) is 0 Å². The lowest BCUT2D eigenvalue weighted by Crippen LogP contribution is -1.94. The first-order valence-corrected chi connectivity index (χ1v) is 12.0. The van der Waals surface area contributed by atoms with Crippen molar-refractivity contribution in [1.82, 2.24) is 0 Å². The van der Waals surface area contributed by atoms with Crippen LogP contribution in [-0.4, -0.2) is 0 Å². The molecule has 0 amide bonds. The zero-order valence-electron chi connectivity index (χ0n) is 21.4. The molecule has 5 rings (SSSR count). The number of allylic oxidation sites excluding steroid dienone is 8. The van der Waals surface area contributed by atoms with Gasteiger partial charge < -0.3 is 0 Å². The summed E-state index contributed by atoms with van der Waals surface area (Å²) in [6.07, 6.45) is 0. The van der Waals surface area contributed by atoms with Crippen LogP contribution in [0.4, 0.5) is 5.69 Å². The van der Waals surface area contributed by atoms with Gasteiger partial charge in [-0.2, -0.15) is 15.8 Å². The maximum Gasteiger partial charge on any atom is 0.270 e. The van der Waals surface area contributed by atoms with Crippen molar-refractivity contribution in [3.8, 4) is 30.3 Å². The highest BCUT2D eigenvalue weighted by atomic mass is 14.7. The number of hydrogen-bond donors (Lipinski definition) is 0.